The SMILES string of the molecule is CC(C)N(C)CCC1(C)CCN1C. The monoisotopic (exact) mass is 184 g/mol. The highest BCUT2D eigenvalue weighted by Crippen LogP contribution is 2.31. The van der Waals surface area contributed by atoms with Crippen molar-refractivity contribution in [1.82, 2.24) is 9.80 Å². The van der Waals surface area contributed by atoms with Crippen molar-refractivity contribution < 1.29 is 0 Å². The summed E-state index contributed by atoms with van der Waals surface area (Å²) >= 11 is 0. The lowest BCUT2D eigenvalue weighted by atomic mass is 9.84. The Balaban J connectivity index is 2.26. The molecule has 1 unspecified atom stereocenters. The van der Waals surface area contributed by atoms with Gasteiger partial charge in [-0.05, 0) is 54.3 Å². The summed E-state index contributed by atoms with van der Waals surface area (Å²) < 4.78 is 0. The minimum Gasteiger partial charge on any atom is -0.304 e. The molecule has 0 aromatic carbocycles. The Bertz CT molecular complexity index is 167. The number of rotatable bonds is 4. The Morgan fingerprint density at radius 1 is 1.46 bits per heavy atom. The normalized spacial score (nSPS) is 29.8. The van der Waals surface area contributed by atoms with Crippen LogP contribution in [0.5, 0.6) is 0 Å². The van der Waals surface area contributed by atoms with E-state index in [-0.39, 0.29) is 0 Å². The molecule has 1 saturated heterocycles. The highest BCUT2D eigenvalue weighted by atomic mass is 15.2. The molecular weight excluding hydrogens is 160 g/mol. The van der Waals surface area contributed by atoms with E-state index < -0.39 is 0 Å². The number of nitrogens with zero attached hydrogens (tertiary/aromatic N) is 2. The van der Waals surface area contributed by atoms with Crippen LogP contribution in [-0.2, 0) is 0 Å². The van der Waals surface area contributed by atoms with Crippen LogP contribution in [0, 0.1) is 0 Å². The average molecular weight is 184 g/mol. The summed E-state index contributed by atoms with van der Waals surface area (Å²) in [6.45, 7) is 9.39. The van der Waals surface area contributed by atoms with Gasteiger partial charge in [0, 0.05) is 18.1 Å². The van der Waals surface area contributed by atoms with Crippen LogP contribution < -0.4 is 0 Å². The van der Waals surface area contributed by atoms with Crippen molar-refractivity contribution in [3.05, 3.63) is 0 Å². The summed E-state index contributed by atoms with van der Waals surface area (Å²) in [5.74, 6) is 0. The largest absolute Gasteiger partial charge is 0.304 e. The molecule has 1 heterocycles. The van der Waals surface area contributed by atoms with Crippen molar-refractivity contribution in [1.29, 1.82) is 0 Å². The predicted molar refractivity (Wildman–Crippen MR) is 58.0 cm³/mol. The molecule has 1 aliphatic rings. The molecule has 0 aromatic heterocycles. The van der Waals surface area contributed by atoms with E-state index in [1.54, 1.807) is 0 Å². The Morgan fingerprint density at radius 2 is 2.08 bits per heavy atom. The van der Waals surface area contributed by atoms with Crippen LogP contribution in [-0.4, -0.2) is 48.6 Å². The van der Waals surface area contributed by atoms with Crippen molar-refractivity contribution in [2.24, 2.45) is 0 Å². The summed E-state index contributed by atoms with van der Waals surface area (Å²) in [7, 11) is 4.45. The maximum Gasteiger partial charge on any atom is 0.0202 e. The molecule has 1 rings (SSSR count). The number of hydrogen-bond acceptors (Lipinski definition) is 2. The number of likely N-dealkylation sites (tertiary alicyclic amines) is 1. The van der Waals surface area contributed by atoms with Crippen molar-refractivity contribution >= 4 is 0 Å². The van der Waals surface area contributed by atoms with E-state index in [9.17, 15) is 0 Å². The van der Waals surface area contributed by atoms with Gasteiger partial charge in [-0.25, -0.2) is 0 Å². The molecule has 13 heavy (non-hydrogen) atoms. The Kier molecular flexibility index (Phi) is 3.36. The van der Waals surface area contributed by atoms with Crippen LogP contribution in [0.1, 0.15) is 33.6 Å². The van der Waals surface area contributed by atoms with Crippen molar-refractivity contribution in [3.8, 4) is 0 Å². The lowest BCUT2D eigenvalue weighted by Gasteiger charge is -2.49. The van der Waals surface area contributed by atoms with Crippen molar-refractivity contribution in [3.63, 3.8) is 0 Å². The van der Waals surface area contributed by atoms with E-state index in [0.717, 1.165) is 0 Å². The van der Waals surface area contributed by atoms with Crippen LogP contribution in [0.15, 0.2) is 0 Å². The zero-order valence-electron chi connectivity index (χ0n) is 9.80. The van der Waals surface area contributed by atoms with Gasteiger partial charge in [-0.2, -0.15) is 0 Å². The molecule has 0 N–H and O–H groups in total. The molecular formula is C11H24N2. The molecule has 0 aliphatic carbocycles. The first-order valence-electron chi connectivity index (χ1n) is 5.37. The fourth-order valence-corrected chi connectivity index (χ4v) is 1.71. The second kappa shape index (κ2) is 3.97. The van der Waals surface area contributed by atoms with Gasteiger partial charge in [0.2, 0.25) is 0 Å². The third-order valence-electron chi connectivity index (χ3n) is 3.79. The van der Waals surface area contributed by atoms with E-state index in [0.29, 0.717) is 11.6 Å². The molecule has 0 amide bonds. The highest BCUT2D eigenvalue weighted by Gasteiger charge is 2.36. The van der Waals surface area contributed by atoms with Gasteiger partial charge in [-0.1, -0.05) is 0 Å². The minimum atomic E-state index is 0.489. The van der Waals surface area contributed by atoms with Gasteiger partial charge in [0.25, 0.3) is 0 Å². The molecule has 1 atom stereocenters. The quantitative estimate of drug-likeness (QED) is 0.657. The molecule has 0 radical (unpaired) electrons. The maximum absolute atomic E-state index is 2.47. The molecule has 0 saturated carbocycles. The standard InChI is InChI=1S/C11H24N2/c1-10(2)12(4)8-6-11(3)7-9-13(11)5/h10H,6-9H2,1-5H3. The summed E-state index contributed by atoms with van der Waals surface area (Å²) in [5.41, 5.74) is 0.489. The van der Waals surface area contributed by atoms with Gasteiger partial charge in [0.1, 0.15) is 0 Å². The van der Waals surface area contributed by atoms with E-state index in [1.807, 2.05) is 0 Å². The van der Waals surface area contributed by atoms with E-state index in [4.69, 9.17) is 0 Å². The molecule has 2 nitrogen and oxygen atoms in total. The fraction of sp³-hybridized carbons (Fsp3) is 1.00. The minimum absolute atomic E-state index is 0.489. The summed E-state index contributed by atoms with van der Waals surface area (Å²) in [6, 6.07) is 0.675. The van der Waals surface area contributed by atoms with Crippen LogP contribution in [0.4, 0.5) is 0 Å². The van der Waals surface area contributed by atoms with Crippen molar-refractivity contribution in [2.45, 2.75) is 45.2 Å². The number of hydrogen-bond donors (Lipinski definition) is 0. The van der Waals surface area contributed by atoms with Crippen LogP contribution in [0.25, 0.3) is 0 Å². The zero-order valence-corrected chi connectivity index (χ0v) is 9.80. The fourth-order valence-electron chi connectivity index (χ4n) is 1.71. The van der Waals surface area contributed by atoms with E-state index in [1.165, 1.54) is 25.9 Å². The Labute approximate surface area is 82.9 Å². The van der Waals surface area contributed by atoms with Crippen LogP contribution >= 0.6 is 0 Å². The average Bonchev–Trinajstić information content (AvgIpc) is 2.10. The molecule has 1 fully saturated rings. The van der Waals surface area contributed by atoms with E-state index in [2.05, 4.69) is 44.7 Å². The lowest BCUT2D eigenvalue weighted by molar-refractivity contribution is 0.0117. The van der Waals surface area contributed by atoms with Crippen molar-refractivity contribution in [2.75, 3.05) is 27.2 Å². The van der Waals surface area contributed by atoms with Gasteiger partial charge in [0.05, 0.1) is 0 Å². The molecule has 0 spiro atoms. The van der Waals surface area contributed by atoms with Gasteiger partial charge < -0.3 is 9.80 Å². The zero-order chi connectivity index (χ0) is 10.1. The highest BCUT2D eigenvalue weighted by molar-refractivity contribution is 4.94. The molecule has 0 aromatic rings. The first-order valence-corrected chi connectivity index (χ1v) is 5.37. The predicted octanol–water partition coefficient (Wildman–Crippen LogP) is 1.81. The van der Waals surface area contributed by atoms with Gasteiger partial charge in [-0.3, -0.25) is 0 Å². The topological polar surface area (TPSA) is 6.48 Å². The molecule has 78 valence electrons. The first-order chi connectivity index (χ1) is 5.96. The van der Waals surface area contributed by atoms with Crippen LogP contribution in [0.3, 0.4) is 0 Å². The third-order valence-corrected chi connectivity index (χ3v) is 3.79. The second-order valence-corrected chi connectivity index (χ2v) is 4.99. The summed E-state index contributed by atoms with van der Waals surface area (Å²) in [5, 5.41) is 0. The molecule has 0 bridgehead atoms. The van der Waals surface area contributed by atoms with Gasteiger partial charge >= 0.3 is 0 Å². The Morgan fingerprint density at radius 3 is 2.38 bits per heavy atom. The second-order valence-electron chi connectivity index (χ2n) is 4.99. The molecule has 2 heteroatoms. The van der Waals surface area contributed by atoms with Gasteiger partial charge in [-0.15, -0.1) is 0 Å². The first kappa shape index (κ1) is 11.0. The third kappa shape index (κ3) is 2.44. The van der Waals surface area contributed by atoms with E-state index >= 15 is 0 Å². The lowest BCUT2D eigenvalue weighted by Crippen LogP contribution is -2.56. The maximum atomic E-state index is 2.47. The summed E-state index contributed by atoms with van der Waals surface area (Å²) in [6.07, 6.45) is 2.67. The smallest absolute Gasteiger partial charge is 0.0202 e. The van der Waals surface area contributed by atoms with Crippen LogP contribution in [0.2, 0.25) is 0 Å². The van der Waals surface area contributed by atoms with Gasteiger partial charge in [0.15, 0.2) is 0 Å². The Hall–Kier alpha value is -0.0800. The summed E-state index contributed by atoms with van der Waals surface area (Å²) in [4.78, 5) is 4.90. The molecule has 1 aliphatic heterocycles.